The van der Waals surface area contributed by atoms with E-state index in [1.54, 1.807) is 0 Å². The van der Waals surface area contributed by atoms with Crippen molar-refractivity contribution in [1.29, 1.82) is 0 Å². The Morgan fingerprint density at radius 2 is 2.03 bits per heavy atom. The number of halogens is 2. The molecule has 182 valence electrons. The Morgan fingerprint density at radius 1 is 1.23 bits per heavy atom. The van der Waals surface area contributed by atoms with Gasteiger partial charge >= 0.3 is 0 Å². The Bertz CT molecular complexity index is 1250. The Labute approximate surface area is 212 Å². The van der Waals surface area contributed by atoms with E-state index in [2.05, 4.69) is 25.6 Å². The lowest BCUT2D eigenvalue weighted by Gasteiger charge is -2.29. The third-order valence-electron chi connectivity index (χ3n) is 6.56. The van der Waals surface area contributed by atoms with Crippen LogP contribution < -0.4 is 10.6 Å². The summed E-state index contributed by atoms with van der Waals surface area (Å²) in [5.41, 5.74) is 1.97. The minimum atomic E-state index is -1.31. The van der Waals surface area contributed by atoms with Crippen molar-refractivity contribution in [3.63, 3.8) is 0 Å². The average molecular weight is 514 g/mol. The lowest BCUT2D eigenvalue weighted by molar-refractivity contribution is -0.128. The molecule has 2 aromatic heterocycles. The maximum Gasteiger partial charge on any atom is 0.268 e. The normalized spacial score (nSPS) is 22.0. The number of aromatic amines is 1. The Kier molecular flexibility index (Phi) is 6.53. The van der Waals surface area contributed by atoms with Crippen molar-refractivity contribution in [3.05, 3.63) is 81.1 Å². The predicted molar refractivity (Wildman–Crippen MR) is 131 cm³/mol. The van der Waals surface area contributed by atoms with Gasteiger partial charge < -0.3 is 20.4 Å². The van der Waals surface area contributed by atoms with Gasteiger partial charge in [0.15, 0.2) is 5.82 Å². The SMILES string of the molecule is C[C@H](NC(=O)[C@]1(NC(=O)c2cc(Cl)c(Cl)[nH]2)CO[C@H](c2ccccc2)C1)c1ncc2c(n1)CCC2. The van der Waals surface area contributed by atoms with Gasteiger partial charge in [-0.2, -0.15) is 0 Å². The second kappa shape index (κ2) is 9.60. The number of ether oxygens (including phenoxy) is 1. The van der Waals surface area contributed by atoms with E-state index in [9.17, 15) is 9.59 Å². The van der Waals surface area contributed by atoms with Crippen LogP contribution in [0.3, 0.4) is 0 Å². The lowest BCUT2D eigenvalue weighted by Crippen LogP contribution is -2.59. The van der Waals surface area contributed by atoms with Crippen molar-refractivity contribution in [1.82, 2.24) is 25.6 Å². The number of carbonyl (C=O) groups excluding carboxylic acids is 2. The minimum Gasteiger partial charge on any atom is -0.370 e. The molecular formula is C25H25Cl2N5O3. The van der Waals surface area contributed by atoms with E-state index in [4.69, 9.17) is 27.9 Å². The van der Waals surface area contributed by atoms with Crippen LogP contribution >= 0.6 is 23.2 Å². The summed E-state index contributed by atoms with van der Waals surface area (Å²) >= 11 is 12.0. The summed E-state index contributed by atoms with van der Waals surface area (Å²) < 4.78 is 6.02. The van der Waals surface area contributed by atoms with Crippen LogP contribution in [-0.2, 0) is 22.4 Å². The predicted octanol–water partition coefficient (Wildman–Crippen LogP) is 4.11. The van der Waals surface area contributed by atoms with E-state index >= 15 is 0 Å². The summed E-state index contributed by atoms with van der Waals surface area (Å²) in [6.07, 6.45) is 4.71. The molecule has 1 aliphatic heterocycles. The first-order valence-corrected chi connectivity index (χ1v) is 12.3. The first-order valence-electron chi connectivity index (χ1n) is 11.5. The van der Waals surface area contributed by atoms with Gasteiger partial charge in [0.1, 0.15) is 16.4 Å². The quantitative estimate of drug-likeness (QED) is 0.459. The van der Waals surface area contributed by atoms with Crippen LogP contribution in [0.5, 0.6) is 0 Å². The number of aromatic nitrogens is 3. The molecule has 1 saturated heterocycles. The van der Waals surface area contributed by atoms with E-state index in [1.165, 1.54) is 6.07 Å². The van der Waals surface area contributed by atoms with Gasteiger partial charge in [0.25, 0.3) is 5.91 Å². The number of nitrogens with one attached hydrogen (secondary N) is 3. The fourth-order valence-electron chi connectivity index (χ4n) is 4.61. The third kappa shape index (κ3) is 4.78. The highest BCUT2D eigenvalue weighted by molar-refractivity contribution is 6.41. The molecule has 0 unspecified atom stereocenters. The van der Waals surface area contributed by atoms with Gasteiger partial charge in [-0.3, -0.25) is 9.59 Å². The Morgan fingerprint density at radius 3 is 2.77 bits per heavy atom. The fourth-order valence-corrected chi connectivity index (χ4v) is 4.92. The molecule has 3 aromatic rings. The lowest BCUT2D eigenvalue weighted by atomic mass is 9.91. The highest BCUT2D eigenvalue weighted by Crippen LogP contribution is 2.36. The molecule has 2 aliphatic rings. The molecule has 3 heterocycles. The molecule has 0 spiro atoms. The topological polar surface area (TPSA) is 109 Å². The Hall–Kier alpha value is -2.94. The molecule has 8 nitrogen and oxygen atoms in total. The molecule has 5 rings (SSSR count). The van der Waals surface area contributed by atoms with Gasteiger partial charge in [-0.15, -0.1) is 0 Å². The molecule has 1 fully saturated rings. The smallest absolute Gasteiger partial charge is 0.268 e. The molecular weight excluding hydrogens is 489 g/mol. The number of benzene rings is 1. The van der Waals surface area contributed by atoms with E-state index in [0.29, 0.717) is 5.82 Å². The zero-order chi connectivity index (χ0) is 24.6. The zero-order valence-electron chi connectivity index (χ0n) is 19.1. The van der Waals surface area contributed by atoms with Crippen molar-refractivity contribution in [2.75, 3.05) is 6.61 Å². The number of carbonyl (C=O) groups is 2. The van der Waals surface area contributed by atoms with Crippen LogP contribution in [-0.4, -0.2) is 38.9 Å². The monoisotopic (exact) mass is 513 g/mol. The maximum absolute atomic E-state index is 13.7. The van der Waals surface area contributed by atoms with Gasteiger partial charge in [-0.25, -0.2) is 9.97 Å². The summed E-state index contributed by atoms with van der Waals surface area (Å²) in [5.74, 6) is -0.334. The van der Waals surface area contributed by atoms with Crippen molar-refractivity contribution >= 4 is 35.0 Å². The number of fused-ring (bicyclic) bond motifs is 1. The summed E-state index contributed by atoms with van der Waals surface area (Å²) in [5, 5.41) is 6.26. The van der Waals surface area contributed by atoms with Crippen molar-refractivity contribution in [2.24, 2.45) is 0 Å². The number of H-pyrrole nitrogens is 1. The highest BCUT2D eigenvalue weighted by atomic mass is 35.5. The first-order chi connectivity index (χ1) is 16.8. The zero-order valence-corrected chi connectivity index (χ0v) is 20.6. The second-order valence-corrected chi connectivity index (χ2v) is 9.83. The molecule has 1 aliphatic carbocycles. The molecule has 3 atom stereocenters. The van der Waals surface area contributed by atoms with Crippen LogP contribution in [0.15, 0.2) is 42.6 Å². The molecule has 10 heteroatoms. The molecule has 3 N–H and O–H groups in total. The number of amides is 2. The van der Waals surface area contributed by atoms with Crippen LogP contribution in [0, 0.1) is 0 Å². The number of nitrogens with zero attached hydrogens (tertiary/aromatic N) is 2. The van der Waals surface area contributed by atoms with Crippen LogP contribution in [0.4, 0.5) is 0 Å². The number of aryl methyl sites for hydroxylation is 2. The van der Waals surface area contributed by atoms with Gasteiger partial charge in [0.05, 0.1) is 23.8 Å². The highest BCUT2D eigenvalue weighted by Gasteiger charge is 2.49. The third-order valence-corrected chi connectivity index (χ3v) is 7.25. The van der Waals surface area contributed by atoms with Crippen molar-refractivity contribution in [2.45, 2.75) is 50.3 Å². The average Bonchev–Trinajstić information content (AvgIpc) is 3.58. The molecule has 2 amide bonds. The van der Waals surface area contributed by atoms with E-state index in [-0.39, 0.29) is 40.9 Å². The largest absolute Gasteiger partial charge is 0.370 e. The number of hydrogen-bond donors (Lipinski definition) is 3. The van der Waals surface area contributed by atoms with Crippen molar-refractivity contribution < 1.29 is 14.3 Å². The van der Waals surface area contributed by atoms with Crippen LogP contribution in [0.2, 0.25) is 10.2 Å². The second-order valence-electron chi connectivity index (χ2n) is 9.04. The molecule has 0 bridgehead atoms. The minimum absolute atomic E-state index is 0.00404. The Balaban J connectivity index is 1.39. The van der Waals surface area contributed by atoms with E-state index < -0.39 is 17.5 Å². The fraction of sp³-hybridized carbons (Fsp3) is 0.360. The van der Waals surface area contributed by atoms with Crippen LogP contribution in [0.25, 0.3) is 0 Å². The van der Waals surface area contributed by atoms with Gasteiger partial charge in [0.2, 0.25) is 5.91 Å². The van der Waals surface area contributed by atoms with Gasteiger partial charge in [-0.1, -0.05) is 53.5 Å². The number of rotatable bonds is 6. The number of hydrogen-bond acceptors (Lipinski definition) is 5. The molecule has 35 heavy (non-hydrogen) atoms. The van der Waals surface area contributed by atoms with E-state index in [0.717, 1.165) is 36.1 Å². The van der Waals surface area contributed by atoms with E-state index in [1.807, 2.05) is 43.5 Å². The standard InChI is InChI=1S/C25H25Cl2N5O3/c1-14(22-28-12-16-8-5-9-18(16)31-22)29-24(34)25(32-23(33)19-10-17(26)21(27)30-19)11-20(35-13-25)15-6-3-2-4-7-15/h2-4,6-7,10,12,14,20,30H,5,8-9,11,13H2,1H3,(H,29,34)(H,32,33)/t14-,20-,25+/m0/s1. The van der Waals surface area contributed by atoms with Crippen molar-refractivity contribution in [3.8, 4) is 0 Å². The van der Waals surface area contributed by atoms with Gasteiger partial charge in [0, 0.05) is 18.3 Å². The van der Waals surface area contributed by atoms with Crippen LogP contribution in [0.1, 0.15) is 65.0 Å². The summed E-state index contributed by atoms with van der Waals surface area (Å²) in [6.45, 7) is 1.84. The van der Waals surface area contributed by atoms with Gasteiger partial charge in [-0.05, 0) is 43.4 Å². The summed E-state index contributed by atoms with van der Waals surface area (Å²) in [6, 6.07) is 10.6. The molecule has 1 aromatic carbocycles. The molecule has 0 radical (unpaired) electrons. The summed E-state index contributed by atoms with van der Waals surface area (Å²) in [4.78, 5) is 38.6. The first kappa shape index (κ1) is 23.8. The molecule has 0 saturated carbocycles. The maximum atomic E-state index is 13.7. The summed E-state index contributed by atoms with van der Waals surface area (Å²) in [7, 11) is 0.